The summed E-state index contributed by atoms with van der Waals surface area (Å²) in [5.41, 5.74) is -0.430. The third-order valence-corrected chi connectivity index (χ3v) is 6.35. The average Bonchev–Trinajstić information content (AvgIpc) is 3.24. The van der Waals surface area contributed by atoms with Crippen LogP contribution in [0, 0.1) is 35.5 Å². The van der Waals surface area contributed by atoms with Crippen molar-refractivity contribution in [2.45, 2.75) is 64.6 Å². The average molecular weight is 332 g/mol. The Balaban J connectivity index is 1.31. The summed E-state index contributed by atoms with van der Waals surface area (Å²) in [5.74, 6) is 1.64. The first-order valence-corrected chi connectivity index (χ1v) is 9.42. The molecule has 7 atom stereocenters. The number of carbonyl (C=O) groups excluding carboxylic acids is 2. The molecule has 0 spiro atoms. The monoisotopic (exact) mass is 332 g/mol. The predicted molar refractivity (Wildman–Crippen MR) is 88.9 cm³/mol. The first-order valence-electron chi connectivity index (χ1n) is 9.42. The summed E-state index contributed by atoms with van der Waals surface area (Å²) in [6.07, 6.45) is 9.18. The minimum Gasteiger partial charge on any atom is -0.462 e. The lowest BCUT2D eigenvalue weighted by molar-refractivity contribution is -0.164. The fourth-order valence-electron chi connectivity index (χ4n) is 5.32. The van der Waals surface area contributed by atoms with Crippen molar-refractivity contribution in [3.8, 4) is 0 Å². The second-order valence-electron chi connectivity index (χ2n) is 9.23. The Morgan fingerprint density at radius 1 is 0.875 bits per heavy atom. The Morgan fingerprint density at radius 3 is 2.21 bits per heavy atom. The van der Waals surface area contributed by atoms with E-state index in [9.17, 15) is 9.59 Å². The van der Waals surface area contributed by atoms with Crippen molar-refractivity contribution in [1.29, 1.82) is 0 Å². The summed E-state index contributed by atoms with van der Waals surface area (Å²) in [5, 5.41) is 0. The van der Waals surface area contributed by atoms with Gasteiger partial charge in [-0.1, -0.05) is 12.2 Å². The van der Waals surface area contributed by atoms with Crippen molar-refractivity contribution in [3.05, 3.63) is 12.2 Å². The molecule has 0 aliphatic heterocycles. The van der Waals surface area contributed by atoms with Crippen LogP contribution in [0.4, 0.5) is 0 Å². The molecule has 4 aliphatic carbocycles. The quantitative estimate of drug-likeness (QED) is 0.586. The third-order valence-electron chi connectivity index (χ3n) is 6.35. The van der Waals surface area contributed by atoms with Crippen molar-refractivity contribution < 1.29 is 19.1 Å². The van der Waals surface area contributed by atoms with Gasteiger partial charge in [-0.15, -0.1) is 0 Å². The van der Waals surface area contributed by atoms with Crippen LogP contribution >= 0.6 is 0 Å². The topological polar surface area (TPSA) is 52.6 Å². The maximum Gasteiger partial charge on any atom is 0.309 e. The highest BCUT2D eigenvalue weighted by Crippen LogP contribution is 2.51. The maximum absolute atomic E-state index is 12.5. The molecule has 0 saturated heterocycles. The van der Waals surface area contributed by atoms with Gasteiger partial charge in [-0.3, -0.25) is 9.59 Å². The highest BCUT2D eigenvalue weighted by atomic mass is 16.6. The molecular formula is C20H28O4. The molecule has 24 heavy (non-hydrogen) atoms. The maximum atomic E-state index is 12.5. The van der Waals surface area contributed by atoms with Gasteiger partial charge in [0.2, 0.25) is 0 Å². The molecular weight excluding hydrogens is 304 g/mol. The van der Waals surface area contributed by atoms with Gasteiger partial charge in [0.25, 0.3) is 0 Å². The van der Waals surface area contributed by atoms with Crippen LogP contribution in [-0.4, -0.2) is 23.6 Å². The largest absolute Gasteiger partial charge is 0.462 e. The van der Waals surface area contributed by atoms with Crippen LogP contribution in [0.25, 0.3) is 0 Å². The van der Waals surface area contributed by atoms with E-state index < -0.39 is 5.60 Å². The summed E-state index contributed by atoms with van der Waals surface area (Å²) in [7, 11) is 0. The number of esters is 2. The van der Waals surface area contributed by atoms with E-state index in [-0.39, 0.29) is 29.9 Å². The van der Waals surface area contributed by atoms with Gasteiger partial charge in [0, 0.05) is 0 Å². The van der Waals surface area contributed by atoms with E-state index in [1.165, 1.54) is 0 Å². The zero-order valence-electron chi connectivity index (χ0n) is 14.9. The molecule has 0 heterocycles. The standard InChI is InChI=1S/C20H28O4/c1-20(2,3)24-19(22)16-9-14-8-13(16)10-17(14)23-18(21)15-7-11-4-5-12(15)6-11/h4-5,11-17H,6-10H2,1-3H3. The molecule has 4 bridgehead atoms. The van der Waals surface area contributed by atoms with Crippen LogP contribution in [0.15, 0.2) is 12.2 Å². The van der Waals surface area contributed by atoms with Crippen LogP contribution in [0.2, 0.25) is 0 Å². The van der Waals surface area contributed by atoms with Crippen LogP contribution < -0.4 is 0 Å². The Morgan fingerprint density at radius 2 is 1.67 bits per heavy atom. The van der Waals surface area contributed by atoms with Gasteiger partial charge in [0.05, 0.1) is 11.8 Å². The number of hydrogen-bond acceptors (Lipinski definition) is 4. The lowest BCUT2D eigenvalue weighted by atomic mass is 9.87. The fourth-order valence-corrected chi connectivity index (χ4v) is 5.32. The highest BCUT2D eigenvalue weighted by molar-refractivity contribution is 5.75. The highest BCUT2D eigenvalue weighted by Gasteiger charge is 2.52. The van der Waals surface area contributed by atoms with Gasteiger partial charge in [-0.05, 0) is 76.5 Å². The molecule has 0 radical (unpaired) electrons. The normalized spacial score (nSPS) is 42.5. The summed E-state index contributed by atoms with van der Waals surface area (Å²) in [6, 6.07) is 0. The van der Waals surface area contributed by atoms with Gasteiger partial charge in [0.1, 0.15) is 11.7 Å². The minimum atomic E-state index is -0.430. The van der Waals surface area contributed by atoms with Crippen LogP contribution in [0.5, 0.6) is 0 Å². The van der Waals surface area contributed by atoms with Crippen LogP contribution in [-0.2, 0) is 19.1 Å². The van der Waals surface area contributed by atoms with E-state index in [2.05, 4.69) is 12.2 Å². The summed E-state index contributed by atoms with van der Waals surface area (Å²) < 4.78 is 11.4. The number of rotatable bonds is 3. The second-order valence-corrected chi connectivity index (χ2v) is 9.23. The van der Waals surface area contributed by atoms with Crippen molar-refractivity contribution in [2.75, 3.05) is 0 Å². The third kappa shape index (κ3) is 2.89. The molecule has 3 saturated carbocycles. The Kier molecular flexibility index (Phi) is 3.77. The lowest BCUT2D eigenvalue weighted by Crippen LogP contribution is -2.36. The number of hydrogen-bond donors (Lipinski definition) is 0. The Bertz CT molecular complexity index is 573. The molecule has 4 nitrogen and oxygen atoms in total. The molecule has 4 heteroatoms. The number of carbonyl (C=O) groups is 2. The Hall–Kier alpha value is -1.32. The molecule has 4 rings (SSSR count). The molecule has 0 aromatic carbocycles. The molecule has 0 aromatic rings. The van der Waals surface area contributed by atoms with Gasteiger partial charge in [-0.2, -0.15) is 0 Å². The van der Waals surface area contributed by atoms with Crippen LogP contribution in [0.1, 0.15) is 52.9 Å². The summed E-state index contributed by atoms with van der Waals surface area (Å²) >= 11 is 0. The summed E-state index contributed by atoms with van der Waals surface area (Å²) in [4.78, 5) is 24.9. The van der Waals surface area contributed by atoms with E-state index >= 15 is 0 Å². The molecule has 7 unspecified atom stereocenters. The minimum absolute atomic E-state index is 0.00165. The lowest BCUT2D eigenvalue weighted by Gasteiger charge is -2.30. The predicted octanol–water partition coefficient (Wildman–Crippen LogP) is 3.50. The van der Waals surface area contributed by atoms with Crippen molar-refractivity contribution in [1.82, 2.24) is 0 Å². The van der Waals surface area contributed by atoms with Crippen molar-refractivity contribution >= 4 is 11.9 Å². The molecule has 0 aromatic heterocycles. The SMILES string of the molecule is CC(C)(C)OC(=O)C1CC2CC1CC2OC(=O)C1CC2C=CC1C2. The number of ether oxygens (including phenoxy) is 2. The summed E-state index contributed by atoms with van der Waals surface area (Å²) in [6.45, 7) is 5.73. The van der Waals surface area contributed by atoms with E-state index in [1.807, 2.05) is 20.8 Å². The smallest absolute Gasteiger partial charge is 0.309 e. The molecule has 132 valence electrons. The van der Waals surface area contributed by atoms with Gasteiger partial charge < -0.3 is 9.47 Å². The number of allylic oxidation sites excluding steroid dienone is 2. The fraction of sp³-hybridized carbons (Fsp3) is 0.800. The van der Waals surface area contributed by atoms with Crippen molar-refractivity contribution in [2.24, 2.45) is 35.5 Å². The molecule has 3 fully saturated rings. The molecule has 0 N–H and O–H groups in total. The first-order chi connectivity index (χ1) is 11.3. The zero-order valence-corrected chi connectivity index (χ0v) is 14.9. The molecule has 0 amide bonds. The van der Waals surface area contributed by atoms with E-state index in [0.717, 1.165) is 32.1 Å². The van der Waals surface area contributed by atoms with E-state index in [1.54, 1.807) is 0 Å². The van der Waals surface area contributed by atoms with Gasteiger partial charge in [-0.25, -0.2) is 0 Å². The van der Waals surface area contributed by atoms with Gasteiger partial charge >= 0.3 is 11.9 Å². The van der Waals surface area contributed by atoms with Gasteiger partial charge in [0.15, 0.2) is 0 Å². The second kappa shape index (κ2) is 5.60. The first kappa shape index (κ1) is 16.2. The Labute approximate surface area is 144 Å². The van der Waals surface area contributed by atoms with E-state index in [0.29, 0.717) is 23.7 Å². The zero-order chi connectivity index (χ0) is 17.1. The molecule has 4 aliphatic rings. The van der Waals surface area contributed by atoms with E-state index in [4.69, 9.17) is 9.47 Å². The van der Waals surface area contributed by atoms with Crippen molar-refractivity contribution in [3.63, 3.8) is 0 Å². The van der Waals surface area contributed by atoms with Crippen LogP contribution in [0.3, 0.4) is 0 Å². The number of fused-ring (bicyclic) bond motifs is 4.